The first-order valence-corrected chi connectivity index (χ1v) is 8.89. The number of aromatic nitrogens is 4. The van der Waals surface area contributed by atoms with Crippen molar-refractivity contribution in [1.82, 2.24) is 19.8 Å². The van der Waals surface area contributed by atoms with Crippen molar-refractivity contribution < 1.29 is 0 Å². The summed E-state index contributed by atoms with van der Waals surface area (Å²) in [5, 5.41) is 16.8. The van der Waals surface area contributed by atoms with E-state index in [1.54, 1.807) is 11.3 Å². The highest BCUT2D eigenvalue weighted by Gasteiger charge is 2.15. The van der Waals surface area contributed by atoms with Crippen LogP contribution in [0.1, 0.15) is 5.56 Å². The quantitative estimate of drug-likeness (QED) is 0.454. The molecular weight excluding hydrogens is 328 g/mol. The lowest BCUT2D eigenvalue weighted by atomic mass is 10.1. The second kappa shape index (κ2) is 5.50. The zero-order chi connectivity index (χ0) is 16.8. The average molecular weight is 342 g/mol. The van der Waals surface area contributed by atoms with E-state index in [2.05, 4.69) is 83.9 Å². The molecule has 5 aromatic rings. The summed E-state index contributed by atoms with van der Waals surface area (Å²) in [4.78, 5) is 0.804. The maximum atomic E-state index is 4.80. The van der Waals surface area contributed by atoms with Crippen LogP contribution in [0, 0.1) is 6.92 Å². The van der Waals surface area contributed by atoms with E-state index in [-0.39, 0.29) is 0 Å². The van der Waals surface area contributed by atoms with Crippen LogP contribution in [0.2, 0.25) is 0 Å². The lowest BCUT2D eigenvalue weighted by Gasteiger charge is -2.02. The van der Waals surface area contributed by atoms with Crippen LogP contribution in [-0.4, -0.2) is 19.8 Å². The van der Waals surface area contributed by atoms with Gasteiger partial charge in [0.15, 0.2) is 5.82 Å². The van der Waals surface area contributed by atoms with E-state index in [1.807, 2.05) is 4.52 Å². The summed E-state index contributed by atoms with van der Waals surface area (Å²) in [7, 11) is 0. The molecule has 2 aromatic heterocycles. The molecule has 0 unspecified atom stereocenters. The molecule has 0 saturated heterocycles. The first kappa shape index (κ1) is 14.3. The van der Waals surface area contributed by atoms with Crippen LogP contribution in [0.3, 0.4) is 0 Å². The monoisotopic (exact) mass is 342 g/mol. The van der Waals surface area contributed by atoms with Gasteiger partial charge in [-0.1, -0.05) is 83.6 Å². The number of aryl methyl sites for hydroxylation is 1. The van der Waals surface area contributed by atoms with Gasteiger partial charge in [-0.2, -0.15) is 9.61 Å². The summed E-state index contributed by atoms with van der Waals surface area (Å²) in [6, 6.07) is 22.9. The summed E-state index contributed by atoms with van der Waals surface area (Å²) in [6.07, 6.45) is 0. The fraction of sp³-hybridized carbons (Fsp3) is 0.0500. The van der Waals surface area contributed by atoms with E-state index >= 15 is 0 Å². The molecule has 0 atom stereocenters. The first-order chi connectivity index (χ1) is 12.3. The Morgan fingerprint density at radius 2 is 1.64 bits per heavy atom. The van der Waals surface area contributed by atoms with Crippen molar-refractivity contribution in [2.24, 2.45) is 0 Å². The molecule has 25 heavy (non-hydrogen) atoms. The minimum Gasteiger partial charge on any atom is -0.182 e. The highest BCUT2D eigenvalue weighted by Crippen LogP contribution is 2.32. The van der Waals surface area contributed by atoms with Crippen molar-refractivity contribution in [3.63, 3.8) is 0 Å². The van der Waals surface area contributed by atoms with Crippen LogP contribution in [0.4, 0.5) is 0 Å². The zero-order valence-electron chi connectivity index (χ0n) is 13.5. The molecule has 5 rings (SSSR count). The number of hydrogen-bond acceptors (Lipinski definition) is 4. The maximum absolute atomic E-state index is 4.80. The van der Waals surface area contributed by atoms with Crippen LogP contribution in [0.5, 0.6) is 0 Å². The largest absolute Gasteiger partial charge is 0.235 e. The van der Waals surface area contributed by atoms with Gasteiger partial charge in [0.2, 0.25) is 4.96 Å². The molecule has 0 aliphatic carbocycles. The van der Waals surface area contributed by atoms with Crippen molar-refractivity contribution in [2.45, 2.75) is 6.92 Å². The predicted molar refractivity (Wildman–Crippen MR) is 102 cm³/mol. The summed E-state index contributed by atoms with van der Waals surface area (Å²) in [6.45, 7) is 2.07. The molecule has 0 aliphatic rings. The third kappa shape index (κ3) is 2.32. The molecule has 2 heterocycles. The number of nitrogens with zero attached hydrogens (tertiary/aromatic N) is 4. The molecule has 120 valence electrons. The number of rotatable bonds is 2. The molecule has 0 saturated carbocycles. The molecule has 0 spiro atoms. The smallest absolute Gasteiger partial charge is 0.182 e. The van der Waals surface area contributed by atoms with Gasteiger partial charge in [0, 0.05) is 11.1 Å². The minimum atomic E-state index is 0.776. The summed E-state index contributed by atoms with van der Waals surface area (Å²) in [5.74, 6) is 0.776. The van der Waals surface area contributed by atoms with E-state index in [4.69, 9.17) is 5.10 Å². The van der Waals surface area contributed by atoms with Crippen LogP contribution >= 0.6 is 11.3 Å². The fourth-order valence-electron chi connectivity index (χ4n) is 3.02. The Bertz CT molecular complexity index is 1200. The van der Waals surface area contributed by atoms with E-state index in [0.29, 0.717) is 0 Å². The van der Waals surface area contributed by atoms with E-state index < -0.39 is 0 Å². The summed E-state index contributed by atoms with van der Waals surface area (Å²) < 4.78 is 1.84. The fourth-order valence-corrected chi connectivity index (χ4v) is 3.90. The van der Waals surface area contributed by atoms with Gasteiger partial charge in [0.05, 0.1) is 0 Å². The third-order valence-corrected chi connectivity index (χ3v) is 5.25. The lowest BCUT2D eigenvalue weighted by Crippen LogP contribution is -1.91. The predicted octanol–water partition coefficient (Wildman–Crippen LogP) is 4.98. The average Bonchev–Trinajstić information content (AvgIpc) is 3.23. The Morgan fingerprint density at radius 1 is 0.840 bits per heavy atom. The molecule has 0 amide bonds. The SMILES string of the molecule is Cc1ccc(-c2nnc3sc(-c4cccc5ccccc45)nn23)cc1. The number of benzene rings is 3. The second-order valence-corrected chi connectivity index (χ2v) is 6.97. The van der Waals surface area contributed by atoms with Crippen LogP contribution in [0.25, 0.3) is 37.7 Å². The molecule has 0 fully saturated rings. The van der Waals surface area contributed by atoms with Gasteiger partial charge >= 0.3 is 0 Å². The first-order valence-electron chi connectivity index (χ1n) is 8.07. The number of fused-ring (bicyclic) bond motifs is 2. The van der Waals surface area contributed by atoms with E-state index in [1.165, 1.54) is 16.3 Å². The number of hydrogen-bond donors (Lipinski definition) is 0. The van der Waals surface area contributed by atoms with Crippen molar-refractivity contribution in [3.05, 3.63) is 72.3 Å². The highest BCUT2D eigenvalue weighted by molar-refractivity contribution is 7.19. The van der Waals surface area contributed by atoms with Crippen molar-refractivity contribution in [1.29, 1.82) is 0 Å². The Balaban J connectivity index is 1.70. The molecule has 3 aromatic carbocycles. The standard InChI is InChI=1S/C20H14N4S/c1-13-9-11-15(12-10-13)18-21-22-20-24(18)23-19(25-20)17-8-4-6-14-5-2-3-7-16(14)17/h2-12H,1H3. The zero-order valence-corrected chi connectivity index (χ0v) is 14.4. The van der Waals surface area contributed by atoms with Gasteiger partial charge < -0.3 is 0 Å². The molecule has 0 bridgehead atoms. The van der Waals surface area contributed by atoms with Crippen molar-refractivity contribution >= 4 is 27.1 Å². The third-order valence-electron chi connectivity index (χ3n) is 4.32. The van der Waals surface area contributed by atoms with E-state index in [9.17, 15) is 0 Å². The molecule has 0 radical (unpaired) electrons. The van der Waals surface area contributed by atoms with E-state index in [0.717, 1.165) is 26.9 Å². The Kier molecular flexibility index (Phi) is 3.15. The maximum Gasteiger partial charge on any atom is 0.235 e. The molecule has 4 nitrogen and oxygen atoms in total. The second-order valence-electron chi connectivity index (χ2n) is 6.02. The molecule has 5 heteroatoms. The van der Waals surface area contributed by atoms with Gasteiger partial charge in [-0.05, 0) is 17.7 Å². The normalized spacial score (nSPS) is 11.4. The van der Waals surface area contributed by atoms with Gasteiger partial charge in [-0.3, -0.25) is 0 Å². The van der Waals surface area contributed by atoms with Gasteiger partial charge in [-0.25, -0.2) is 0 Å². The Morgan fingerprint density at radius 3 is 2.52 bits per heavy atom. The molecule has 0 N–H and O–H groups in total. The Hall–Kier alpha value is -3.05. The van der Waals surface area contributed by atoms with Crippen molar-refractivity contribution in [3.8, 4) is 22.0 Å². The van der Waals surface area contributed by atoms with Crippen molar-refractivity contribution in [2.75, 3.05) is 0 Å². The Labute approximate surface area is 148 Å². The lowest BCUT2D eigenvalue weighted by molar-refractivity contribution is 0.971. The van der Waals surface area contributed by atoms with Crippen LogP contribution in [0.15, 0.2) is 66.7 Å². The minimum absolute atomic E-state index is 0.776. The summed E-state index contributed by atoms with van der Waals surface area (Å²) >= 11 is 1.56. The van der Waals surface area contributed by atoms with Crippen LogP contribution < -0.4 is 0 Å². The van der Waals surface area contributed by atoms with Gasteiger partial charge in [0.25, 0.3) is 0 Å². The molecule has 0 aliphatic heterocycles. The van der Waals surface area contributed by atoms with Crippen LogP contribution in [-0.2, 0) is 0 Å². The van der Waals surface area contributed by atoms with Gasteiger partial charge in [-0.15, -0.1) is 10.2 Å². The summed E-state index contributed by atoms with van der Waals surface area (Å²) in [5.41, 5.74) is 3.37. The molecular formula is C20H14N4S. The topological polar surface area (TPSA) is 43.1 Å². The highest BCUT2D eigenvalue weighted by atomic mass is 32.1. The van der Waals surface area contributed by atoms with Gasteiger partial charge in [0.1, 0.15) is 5.01 Å².